The number of amides is 1. The molecule has 1 unspecified atom stereocenters. The third-order valence-corrected chi connectivity index (χ3v) is 5.26. The van der Waals surface area contributed by atoms with Gasteiger partial charge in [-0.15, -0.1) is 0 Å². The highest BCUT2D eigenvalue weighted by molar-refractivity contribution is 5.79. The molecule has 1 aliphatic rings. The van der Waals surface area contributed by atoms with Crippen LogP contribution in [0.15, 0.2) is 53.1 Å². The molecule has 2 heterocycles. The van der Waals surface area contributed by atoms with Crippen molar-refractivity contribution in [2.45, 2.75) is 38.4 Å². The summed E-state index contributed by atoms with van der Waals surface area (Å²) in [6, 6.07) is 12.8. The van der Waals surface area contributed by atoms with Crippen molar-refractivity contribution in [3.8, 4) is 11.5 Å². The minimum Gasteiger partial charge on any atom is -0.338 e. The SMILES string of the molecule is CCc1ccc(-c2nc(C3CC(=O)N(Cc4cccc(C(F)(F)F)c4)C3)no2)cc1. The van der Waals surface area contributed by atoms with Crippen LogP contribution >= 0.6 is 0 Å². The summed E-state index contributed by atoms with van der Waals surface area (Å²) in [5.74, 6) is 0.424. The molecule has 0 N–H and O–H groups in total. The second-order valence-corrected chi connectivity index (χ2v) is 7.38. The normalized spacial score (nSPS) is 17.0. The predicted octanol–water partition coefficient (Wildman–Crippen LogP) is 4.83. The Morgan fingerprint density at radius 2 is 1.90 bits per heavy atom. The van der Waals surface area contributed by atoms with Gasteiger partial charge in [0, 0.05) is 31.0 Å². The summed E-state index contributed by atoms with van der Waals surface area (Å²) in [7, 11) is 0. The van der Waals surface area contributed by atoms with Crippen molar-refractivity contribution >= 4 is 5.91 Å². The zero-order valence-corrected chi connectivity index (χ0v) is 16.3. The second kappa shape index (κ2) is 7.93. The van der Waals surface area contributed by atoms with Gasteiger partial charge >= 0.3 is 6.18 Å². The first-order chi connectivity index (χ1) is 14.3. The Balaban J connectivity index is 1.46. The van der Waals surface area contributed by atoms with E-state index in [1.54, 1.807) is 6.07 Å². The Labute approximate surface area is 171 Å². The molecule has 1 fully saturated rings. The highest BCUT2D eigenvalue weighted by atomic mass is 19.4. The van der Waals surface area contributed by atoms with Crippen LogP contribution in [0, 0.1) is 0 Å². The van der Waals surface area contributed by atoms with Gasteiger partial charge in [0.25, 0.3) is 5.89 Å². The molecule has 1 atom stereocenters. The fraction of sp³-hybridized carbons (Fsp3) is 0.318. The number of benzene rings is 2. The van der Waals surface area contributed by atoms with E-state index < -0.39 is 11.7 Å². The van der Waals surface area contributed by atoms with Gasteiger partial charge in [0.15, 0.2) is 5.82 Å². The molecule has 1 saturated heterocycles. The molecule has 2 aromatic carbocycles. The lowest BCUT2D eigenvalue weighted by atomic mass is 10.1. The summed E-state index contributed by atoms with van der Waals surface area (Å²) in [6.07, 6.45) is -3.28. The van der Waals surface area contributed by atoms with E-state index in [-0.39, 0.29) is 24.8 Å². The van der Waals surface area contributed by atoms with Crippen molar-refractivity contribution < 1.29 is 22.5 Å². The Hall–Kier alpha value is -3.16. The van der Waals surface area contributed by atoms with Crippen molar-refractivity contribution in [3.63, 3.8) is 0 Å². The molecular weight excluding hydrogens is 395 g/mol. The molecule has 0 saturated carbocycles. The molecule has 1 aliphatic heterocycles. The molecule has 0 spiro atoms. The molecular formula is C22H20F3N3O2. The first-order valence-corrected chi connectivity index (χ1v) is 9.70. The number of likely N-dealkylation sites (tertiary alicyclic amines) is 1. The molecule has 1 aromatic heterocycles. The molecule has 3 aromatic rings. The van der Waals surface area contributed by atoms with E-state index in [2.05, 4.69) is 17.1 Å². The van der Waals surface area contributed by atoms with E-state index in [0.29, 0.717) is 23.8 Å². The Bertz CT molecular complexity index is 1040. The number of hydrogen-bond donors (Lipinski definition) is 0. The lowest BCUT2D eigenvalue weighted by Crippen LogP contribution is -2.24. The fourth-order valence-corrected chi connectivity index (χ4v) is 3.57. The topological polar surface area (TPSA) is 59.2 Å². The van der Waals surface area contributed by atoms with Crippen molar-refractivity contribution in [3.05, 3.63) is 71.0 Å². The van der Waals surface area contributed by atoms with Crippen molar-refractivity contribution in [2.75, 3.05) is 6.54 Å². The zero-order chi connectivity index (χ0) is 21.3. The van der Waals surface area contributed by atoms with Crippen LogP contribution in [-0.2, 0) is 23.9 Å². The molecule has 0 bridgehead atoms. The lowest BCUT2D eigenvalue weighted by Gasteiger charge is -2.17. The Morgan fingerprint density at radius 3 is 2.60 bits per heavy atom. The number of hydrogen-bond acceptors (Lipinski definition) is 4. The first-order valence-electron chi connectivity index (χ1n) is 9.70. The first kappa shape index (κ1) is 20.1. The third-order valence-electron chi connectivity index (χ3n) is 5.26. The molecule has 0 aliphatic carbocycles. The number of nitrogens with zero attached hydrogens (tertiary/aromatic N) is 3. The minimum absolute atomic E-state index is 0.114. The van der Waals surface area contributed by atoms with Gasteiger partial charge in [0.2, 0.25) is 5.91 Å². The summed E-state index contributed by atoms with van der Waals surface area (Å²) < 4.78 is 44.1. The summed E-state index contributed by atoms with van der Waals surface area (Å²) in [6.45, 7) is 2.52. The maximum Gasteiger partial charge on any atom is 0.416 e. The number of rotatable bonds is 5. The van der Waals surface area contributed by atoms with E-state index in [4.69, 9.17) is 4.52 Å². The Morgan fingerprint density at radius 1 is 1.13 bits per heavy atom. The van der Waals surface area contributed by atoms with Crippen LogP contribution in [0.5, 0.6) is 0 Å². The monoisotopic (exact) mass is 415 g/mol. The number of aryl methyl sites for hydroxylation is 1. The number of carbonyl (C=O) groups excluding carboxylic acids is 1. The molecule has 30 heavy (non-hydrogen) atoms. The largest absolute Gasteiger partial charge is 0.416 e. The predicted molar refractivity (Wildman–Crippen MR) is 103 cm³/mol. The molecule has 4 rings (SSSR count). The summed E-state index contributed by atoms with van der Waals surface area (Å²) >= 11 is 0. The van der Waals surface area contributed by atoms with Gasteiger partial charge in [-0.3, -0.25) is 4.79 Å². The zero-order valence-electron chi connectivity index (χ0n) is 16.3. The van der Waals surface area contributed by atoms with Gasteiger partial charge in [0.1, 0.15) is 0 Å². The third kappa shape index (κ3) is 4.22. The van der Waals surface area contributed by atoms with E-state index >= 15 is 0 Å². The molecule has 156 valence electrons. The fourth-order valence-electron chi connectivity index (χ4n) is 3.57. The van der Waals surface area contributed by atoms with Gasteiger partial charge < -0.3 is 9.42 Å². The summed E-state index contributed by atoms with van der Waals surface area (Å²) in [5.41, 5.74) is 1.71. The van der Waals surface area contributed by atoms with Gasteiger partial charge in [0.05, 0.1) is 5.56 Å². The van der Waals surface area contributed by atoms with E-state index in [1.807, 2.05) is 24.3 Å². The van der Waals surface area contributed by atoms with Gasteiger partial charge in [-0.2, -0.15) is 18.2 Å². The number of aromatic nitrogens is 2. The number of halogens is 3. The second-order valence-electron chi connectivity index (χ2n) is 7.38. The highest BCUT2D eigenvalue weighted by Gasteiger charge is 2.35. The van der Waals surface area contributed by atoms with Gasteiger partial charge in [-0.25, -0.2) is 0 Å². The summed E-state index contributed by atoms with van der Waals surface area (Å²) in [4.78, 5) is 18.4. The maximum atomic E-state index is 12.9. The standard InChI is InChI=1S/C22H20F3N3O2/c1-2-14-6-8-16(9-7-14)21-26-20(27-30-21)17-11-19(29)28(13-17)12-15-4-3-5-18(10-15)22(23,24)25/h3-10,17H,2,11-13H2,1H3. The van der Waals surface area contributed by atoms with Crippen LogP contribution in [0.2, 0.25) is 0 Å². The van der Waals surface area contributed by atoms with Crippen LogP contribution in [-0.4, -0.2) is 27.5 Å². The van der Waals surface area contributed by atoms with E-state index in [0.717, 1.165) is 24.1 Å². The van der Waals surface area contributed by atoms with E-state index in [1.165, 1.54) is 16.5 Å². The van der Waals surface area contributed by atoms with Crippen LogP contribution in [0.25, 0.3) is 11.5 Å². The smallest absolute Gasteiger partial charge is 0.338 e. The minimum atomic E-state index is -4.41. The number of alkyl halides is 3. The lowest BCUT2D eigenvalue weighted by molar-refractivity contribution is -0.137. The van der Waals surface area contributed by atoms with Crippen LogP contribution < -0.4 is 0 Å². The van der Waals surface area contributed by atoms with Crippen LogP contribution in [0.1, 0.15) is 41.8 Å². The van der Waals surface area contributed by atoms with E-state index in [9.17, 15) is 18.0 Å². The van der Waals surface area contributed by atoms with Crippen LogP contribution in [0.4, 0.5) is 13.2 Å². The maximum absolute atomic E-state index is 12.9. The highest BCUT2D eigenvalue weighted by Crippen LogP contribution is 2.32. The quantitative estimate of drug-likeness (QED) is 0.599. The van der Waals surface area contributed by atoms with Crippen molar-refractivity contribution in [2.24, 2.45) is 0 Å². The summed E-state index contributed by atoms with van der Waals surface area (Å²) in [5, 5.41) is 4.03. The van der Waals surface area contributed by atoms with Gasteiger partial charge in [-0.05, 0) is 41.8 Å². The molecule has 5 nitrogen and oxygen atoms in total. The Kier molecular flexibility index (Phi) is 5.32. The molecule has 0 radical (unpaired) electrons. The van der Waals surface area contributed by atoms with Gasteiger partial charge in [-0.1, -0.05) is 36.3 Å². The molecule has 1 amide bonds. The van der Waals surface area contributed by atoms with Crippen LogP contribution in [0.3, 0.4) is 0 Å². The molecule has 8 heteroatoms. The number of carbonyl (C=O) groups is 1. The average molecular weight is 415 g/mol. The van der Waals surface area contributed by atoms with Crippen molar-refractivity contribution in [1.82, 2.24) is 15.0 Å². The van der Waals surface area contributed by atoms with Crippen molar-refractivity contribution in [1.29, 1.82) is 0 Å². The average Bonchev–Trinajstić information content (AvgIpc) is 3.35.